The SMILES string of the molecule is C=Cc1cc2c(cn1)CC(=O)C(C#N)=C2N1CCC2(CCC2)CC1.N#CC1=C(N2CCC3(CCC3)CC2)c2cc(C(O)CO)ncc2CC1=O. The van der Waals surface area contributed by atoms with Crippen LogP contribution in [0.4, 0.5) is 0 Å². The highest BCUT2D eigenvalue weighted by atomic mass is 16.3. The quantitative estimate of drug-likeness (QED) is 0.439. The highest BCUT2D eigenvalue weighted by Crippen LogP contribution is 2.51. The predicted octanol–water partition coefficient (Wildman–Crippen LogP) is 5.08. The second kappa shape index (κ2) is 13.6. The van der Waals surface area contributed by atoms with E-state index in [-0.39, 0.29) is 30.0 Å². The molecule has 4 fully saturated rings. The fourth-order valence-corrected chi connectivity index (χ4v) is 8.82. The summed E-state index contributed by atoms with van der Waals surface area (Å²) in [6.07, 6.45) is 16.8. The number of carbonyl (C=O) groups is 2. The Balaban J connectivity index is 0.000000157. The highest BCUT2D eigenvalue weighted by molar-refractivity contribution is 6.10. The lowest BCUT2D eigenvalue weighted by molar-refractivity contribution is -0.115. The lowest BCUT2D eigenvalue weighted by Gasteiger charge is -2.49. The number of hydrogen-bond donors (Lipinski definition) is 2. The van der Waals surface area contributed by atoms with Crippen LogP contribution in [-0.4, -0.2) is 74.3 Å². The molecule has 1 atom stereocenters. The van der Waals surface area contributed by atoms with Crippen molar-refractivity contribution < 1.29 is 19.8 Å². The molecule has 1 unspecified atom stereocenters. The van der Waals surface area contributed by atoms with Gasteiger partial charge in [0.05, 0.1) is 29.4 Å². The van der Waals surface area contributed by atoms with E-state index in [4.69, 9.17) is 0 Å². The summed E-state index contributed by atoms with van der Waals surface area (Å²) in [6, 6.07) is 7.97. The molecule has 10 nitrogen and oxygen atoms in total. The van der Waals surface area contributed by atoms with E-state index >= 15 is 0 Å². The summed E-state index contributed by atoms with van der Waals surface area (Å²) in [7, 11) is 0. The lowest BCUT2D eigenvalue weighted by atomic mass is 9.63. The van der Waals surface area contributed by atoms with E-state index in [0.29, 0.717) is 27.8 Å². The fraction of sp³-hybridized carbons (Fsp3) is 0.500. The maximum Gasteiger partial charge on any atom is 0.179 e. The summed E-state index contributed by atoms with van der Waals surface area (Å²) in [4.78, 5) is 37.9. The van der Waals surface area contributed by atoms with Gasteiger partial charge in [-0.2, -0.15) is 10.5 Å². The normalized spacial score (nSPS) is 22.3. The molecule has 0 amide bonds. The number of aliphatic hydroxyl groups is 2. The molecule has 2 saturated heterocycles. The molecule has 4 aliphatic carbocycles. The van der Waals surface area contributed by atoms with Gasteiger partial charge < -0.3 is 20.0 Å². The Morgan fingerprint density at radius 2 is 1.24 bits per heavy atom. The number of nitrogens with zero attached hydrogens (tertiary/aromatic N) is 6. The summed E-state index contributed by atoms with van der Waals surface area (Å²) >= 11 is 0. The summed E-state index contributed by atoms with van der Waals surface area (Å²) in [5, 5.41) is 38.4. The number of nitriles is 2. The lowest BCUT2D eigenvalue weighted by Crippen LogP contribution is -2.43. The van der Waals surface area contributed by atoms with Crippen molar-refractivity contribution in [3.05, 3.63) is 75.9 Å². The van der Waals surface area contributed by atoms with E-state index in [9.17, 15) is 30.3 Å². The zero-order valence-corrected chi connectivity index (χ0v) is 28.6. The zero-order valence-electron chi connectivity index (χ0n) is 28.6. The van der Waals surface area contributed by atoms with Gasteiger partial charge in [0.2, 0.25) is 0 Å². The van der Waals surface area contributed by atoms with Crippen LogP contribution in [0.15, 0.2) is 42.3 Å². The first-order valence-corrected chi connectivity index (χ1v) is 18.0. The van der Waals surface area contributed by atoms with Crippen LogP contribution in [0.5, 0.6) is 0 Å². The standard InChI is InChI=1S/C20H23N3O3.C20H21N3O/c21-10-15-17(25)8-13-11-22-16(18(26)12-24)9-14(13)19(15)23-6-4-20(5-7-23)2-1-3-20;1-2-15-11-16-14(13-22-15)10-18(24)17(12-21)19(16)23-8-6-20(7-9-23)4-3-5-20/h9,11,18,24,26H,1-8,12H2;2,11,13H,1,3-10H2. The third-order valence-electron chi connectivity index (χ3n) is 12.3. The molecule has 50 heavy (non-hydrogen) atoms. The summed E-state index contributed by atoms with van der Waals surface area (Å²) in [6.45, 7) is 6.91. The molecule has 2 aromatic rings. The van der Waals surface area contributed by atoms with Crippen LogP contribution in [0.1, 0.15) is 104 Å². The van der Waals surface area contributed by atoms with Gasteiger partial charge in [0.25, 0.3) is 0 Å². The first-order valence-electron chi connectivity index (χ1n) is 18.0. The van der Waals surface area contributed by atoms with Gasteiger partial charge in [-0.15, -0.1) is 0 Å². The van der Waals surface area contributed by atoms with Crippen LogP contribution < -0.4 is 0 Å². The van der Waals surface area contributed by atoms with Crippen molar-refractivity contribution in [2.75, 3.05) is 32.8 Å². The van der Waals surface area contributed by atoms with E-state index in [1.807, 2.05) is 6.07 Å². The van der Waals surface area contributed by atoms with Crippen LogP contribution in [-0.2, 0) is 22.4 Å². The van der Waals surface area contributed by atoms with Gasteiger partial charge in [0.15, 0.2) is 11.6 Å². The second-order valence-electron chi connectivity index (χ2n) is 15.0. The molecular formula is C40H44N6O4. The molecule has 4 heterocycles. The first-order chi connectivity index (χ1) is 24.2. The van der Waals surface area contributed by atoms with E-state index in [1.54, 1.807) is 24.5 Å². The Kier molecular flexibility index (Phi) is 9.19. The van der Waals surface area contributed by atoms with Gasteiger partial charge in [-0.05, 0) is 91.5 Å². The van der Waals surface area contributed by atoms with E-state index < -0.39 is 12.7 Å². The molecule has 0 aromatic carbocycles. The van der Waals surface area contributed by atoms with Gasteiger partial charge in [-0.25, -0.2) is 0 Å². The minimum atomic E-state index is -1.07. The molecule has 0 radical (unpaired) electrons. The molecule has 2 aromatic heterocycles. The molecule has 10 heteroatoms. The van der Waals surface area contributed by atoms with Crippen molar-refractivity contribution >= 4 is 29.0 Å². The highest BCUT2D eigenvalue weighted by Gasteiger charge is 2.43. The number of Topliss-reactive ketones (excluding diaryl/α,β-unsaturated/α-hetero) is 2. The molecule has 258 valence electrons. The van der Waals surface area contributed by atoms with Crippen LogP contribution in [0, 0.1) is 33.5 Å². The number of aromatic nitrogens is 2. The minimum Gasteiger partial charge on any atom is -0.393 e. The molecular weight excluding hydrogens is 628 g/mol. The Morgan fingerprint density at radius 3 is 1.64 bits per heavy atom. The molecule has 8 rings (SSSR count). The monoisotopic (exact) mass is 672 g/mol. The Bertz CT molecular complexity index is 1870. The second-order valence-corrected chi connectivity index (χ2v) is 15.0. The Hall–Kier alpha value is -4.64. The number of likely N-dealkylation sites (tertiary alicyclic amines) is 2. The molecule has 2 spiro atoms. The Morgan fingerprint density at radius 1 is 0.780 bits per heavy atom. The van der Waals surface area contributed by atoms with Crippen LogP contribution in [0.2, 0.25) is 0 Å². The first kappa shape index (κ1) is 33.8. The topological polar surface area (TPSA) is 154 Å². The van der Waals surface area contributed by atoms with Crippen molar-refractivity contribution in [2.45, 2.75) is 83.2 Å². The number of fused-ring (bicyclic) bond motifs is 2. The number of ketones is 2. The average molecular weight is 673 g/mol. The van der Waals surface area contributed by atoms with E-state index in [2.05, 4.69) is 38.5 Å². The molecule has 0 bridgehead atoms. The van der Waals surface area contributed by atoms with E-state index in [1.165, 1.54) is 38.5 Å². The number of rotatable bonds is 5. The molecule has 2 saturated carbocycles. The third kappa shape index (κ3) is 6.05. The van der Waals surface area contributed by atoms with E-state index in [0.717, 1.165) is 85.5 Å². The van der Waals surface area contributed by atoms with Crippen molar-refractivity contribution in [1.29, 1.82) is 10.5 Å². The van der Waals surface area contributed by atoms with Crippen molar-refractivity contribution in [1.82, 2.24) is 19.8 Å². The Labute approximate surface area is 293 Å². The van der Waals surface area contributed by atoms with Gasteiger partial charge in [0.1, 0.15) is 29.4 Å². The maximum atomic E-state index is 12.5. The smallest absolute Gasteiger partial charge is 0.179 e. The van der Waals surface area contributed by atoms with Gasteiger partial charge in [-0.1, -0.05) is 19.4 Å². The minimum absolute atomic E-state index is 0.0860. The van der Waals surface area contributed by atoms with Crippen molar-refractivity contribution in [2.24, 2.45) is 10.8 Å². The predicted molar refractivity (Wildman–Crippen MR) is 187 cm³/mol. The number of aliphatic hydroxyl groups excluding tert-OH is 2. The number of pyridine rings is 2. The largest absolute Gasteiger partial charge is 0.393 e. The summed E-state index contributed by atoms with van der Waals surface area (Å²) in [5.74, 6) is -0.256. The molecule has 2 N–H and O–H groups in total. The maximum absolute atomic E-state index is 12.5. The van der Waals surface area contributed by atoms with Crippen LogP contribution >= 0.6 is 0 Å². The van der Waals surface area contributed by atoms with Crippen molar-refractivity contribution in [3.63, 3.8) is 0 Å². The molecule has 2 aliphatic heterocycles. The van der Waals surface area contributed by atoms with Gasteiger partial charge >= 0.3 is 0 Å². The zero-order chi connectivity index (χ0) is 35.0. The number of allylic oxidation sites excluding steroid dienone is 2. The van der Waals surface area contributed by atoms with Crippen LogP contribution in [0.25, 0.3) is 17.5 Å². The van der Waals surface area contributed by atoms with Crippen LogP contribution in [0.3, 0.4) is 0 Å². The number of piperidine rings is 2. The molecule has 6 aliphatic rings. The summed E-state index contributed by atoms with van der Waals surface area (Å²) < 4.78 is 0. The average Bonchev–Trinajstić information content (AvgIpc) is 3.12. The van der Waals surface area contributed by atoms with Gasteiger partial charge in [0, 0.05) is 62.5 Å². The fourth-order valence-electron chi connectivity index (χ4n) is 8.82. The van der Waals surface area contributed by atoms with Gasteiger partial charge in [-0.3, -0.25) is 19.6 Å². The number of hydrogen-bond acceptors (Lipinski definition) is 10. The summed E-state index contributed by atoms with van der Waals surface area (Å²) in [5.41, 5.74) is 7.66. The van der Waals surface area contributed by atoms with Crippen molar-refractivity contribution in [3.8, 4) is 12.1 Å². The number of carbonyl (C=O) groups excluding carboxylic acids is 2. The third-order valence-corrected chi connectivity index (χ3v) is 12.3.